The van der Waals surface area contributed by atoms with Crippen LogP contribution in [0.25, 0.3) is 0 Å². The summed E-state index contributed by atoms with van der Waals surface area (Å²) < 4.78 is 5.85. The van der Waals surface area contributed by atoms with Gasteiger partial charge in [0.15, 0.2) is 0 Å². The van der Waals surface area contributed by atoms with E-state index in [-0.39, 0.29) is 0 Å². The highest BCUT2D eigenvalue weighted by atomic mass is 32.1. The van der Waals surface area contributed by atoms with Crippen molar-refractivity contribution < 1.29 is 4.74 Å². The first-order valence-electron chi connectivity index (χ1n) is 7.99. The first-order chi connectivity index (χ1) is 10.9. The molecular formula is C16H20N4OS. The van der Waals surface area contributed by atoms with Crippen molar-refractivity contribution in [3.63, 3.8) is 0 Å². The topological polar surface area (TPSA) is 51.1 Å². The first kappa shape index (κ1) is 13.9. The maximum Gasteiger partial charge on any atom is 0.208 e. The Labute approximate surface area is 134 Å². The Bertz CT molecular complexity index is 606. The van der Waals surface area contributed by atoms with Gasteiger partial charge in [0.05, 0.1) is 6.61 Å². The molecule has 0 amide bonds. The molecule has 0 aromatic carbocycles. The van der Waals surface area contributed by atoms with E-state index in [1.807, 2.05) is 12.1 Å². The number of aromatic nitrogens is 3. The van der Waals surface area contributed by atoms with Crippen LogP contribution in [0.3, 0.4) is 0 Å². The van der Waals surface area contributed by atoms with Crippen LogP contribution < -0.4 is 9.64 Å². The lowest BCUT2D eigenvalue weighted by Gasteiger charge is -2.31. The van der Waals surface area contributed by atoms with Crippen LogP contribution in [-0.4, -0.2) is 34.9 Å². The average molecular weight is 316 g/mol. The van der Waals surface area contributed by atoms with Gasteiger partial charge in [-0.15, -0.1) is 10.2 Å². The van der Waals surface area contributed by atoms with Crippen molar-refractivity contribution in [3.8, 4) is 5.75 Å². The van der Waals surface area contributed by atoms with Gasteiger partial charge in [0.1, 0.15) is 10.8 Å². The molecule has 0 bridgehead atoms. The molecule has 4 rings (SSSR count). The van der Waals surface area contributed by atoms with Crippen LogP contribution in [0.15, 0.2) is 24.5 Å². The first-order valence-corrected chi connectivity index (χ1v) is 8.81. The molecule has 1 aliphatic carbocycles. The van der Waals surface area contributed by atoms with E-state index in [4.69, 9.17) is 4.74 Å². The highest BCUT2D eigenvalue weighted by molar-refractivity contribution is 7.15. The van der Waals surface area contributed by atoms with Crippen molar-refractivity contribution in [1.82, 2.24) is 15.2 Å². The molecule has 1 saturated carbocycles. The van der Waals surface area contributed by atoms with Gasteiger partial charge in [-0.2, -0.15) is 0 Å². The number of hydrogen-bond donors (Lipinski definition) is 0. The molecular weight excluding hydrogens is 296 g/mol. The van der Waals surface area contributed by atoms with Gasteiger partial charge in [-0.25, -0.2) is 0 Å². The van der Waals surface area contributed by atoms with E-state index in [0.29, 0.717) is 11.8 Å². The summed E-state index contributed by atoms with van der Waals surface area (Å²) in [7, 11) is 0. The third-order valence-corrected chi connectivity index (χ3v) is 5.52. The van der Waals surface area contributed by atoms with Crippen LogP contribution in [0.4, 0.5) is 5.13 Å². The lowest BCUT2D eigenvalue weighted by Crippen LogP contribution is -2.35. The van der Waals surface area contributed by atoms with Crippen LogP contribution in [0.2, 0.25) is 0 Å². The van der Waals surface area contributed by atoms with E-state index in [1.54, 1.807) is 23.7 Å². The number of rotatable bonds is 5. The minimum absolute atomic E-state index is 0.625. The molecule has 0 spiro atoms. The quantitative estimate of drug-likeness (QED) is 0.848. The highest BCUT2D eigenvalue weighted by Gasteiger charge is 2.29. The van der Waals surface area contributed by atoms with Gasteiger partial charge in [-0.3, -0.25) is 4.98 Å². The molecule has 22 heavy (non-hydrogen) atoms. The molecule has 2 aromatic heterocycles. The molecule has 0 radical (unpaired) electrons. The maximum absolute atomic E-state index is 5.85. The molecule has 0 atom stereocenters. The number of ether oxygens (including phenoxy) is 1. The Morgan fingerprint density at radius 3 is 2.59 bits per heavy atom. The lowest BCUT2D eigenvalue weighted by atomic mass is 9.98. The van der Waals surface area contributed by atoms with Crippen LogP contribution >= 0.6 is 11.3 Å². The van der Waals surface area contributed by atoms with E-state index in [2.05, 4.69) is 20.1 Å². The number of anilines is 1. The van der Waals surface area contributed by atoms with Crippen molar-refractivity contribution in [2.24, 2.45) is 5.92 Å². The van der Waals surface area contributed by atoms with Crippen molar-refractivity contribution in [2.45, 2.75) is 31.6 Å². The Balaban J connectivity index is 1.26. The van der Waals surface area contributed by atoms with Gasteiger partial charge < -0.3 is 9.64 Å². The SMILES string of the molecule is c1cc(OCC2CCN(c3nnc(C4CC4)s3)CC2)ccn1. The van der Waals surface area contributed by atoms with Gasteiger partial charge >= 0.3 is 0 Å². The molecule has 0 unspecified atom stereocenters. The van der Waals surface area contributed by atoms with Crippen molar-refractivity contribution in [1.29, 1.82) is 0 Å². The van der Waals surface area contributed by atoms with Gasteiger partial charge in [0, 0.05) is 31.4 Å². The Morgan fingerprint density at radius 2 is 1.86 bits per heavy atom. The van der Waals surface area contributed by atoms with Crippen LogP contribution in [0.5, 0.6) is 5.75 Å². The molecule has 3 heterocycles. The van der Waals surface area contributed by atoms with Crippen LogP contribution in [0.1, 0.15) is 36.6 Å². The van der Waals surface area contributed by atoms with Gasteiger partial charge in [0.2, 0.25) is 5.13 Å². The van der Waals surface area contributed by atoms with Gasteiger partial charge in [-0.05, 0) is 43.7 Å². The molecule has 2 aliphatic rings. The van der Waals surface area contributed by atoms with E-state index in [1.165, 1.54) is 17.8 Å². The molecule has 1 saturated heterocycles. The number of pyridine rings is 1. The fourth-order valence-corrected chi connectivity index (χ4v) is 3.85. The summed E-state index contributed by atoms with van der Waals surface area (Å²) in [6.07, 6.45) is 8.44. The summed E-state index contributed by atoms with van der Waals surface area (Å²) >= 11 is 1.79. The molecule has 2 fully saturated rings. The molecule has 1 aliphatic heterocycles. The predicted octanol–water partition coefficient (Wildman–Crippen LogP) is 3.11. The highest BCUT2D eigenvalue weighted by Crippen LogP contribution is 2.42. The van der Waals surface area contributed by atoms with Gasteiger partial charge in [0.25, 0.3) is 0 Å². The van der Waals surface area contributed by atoms with E-state index >= 15 is 0 Å². The minimum atomic E-state index is 0.625. The largest absolute Gasteiger partial charge is 0.493 e. The summed E-state index contributed by atoms with van der Waals surface area (Å²) in [6, 6.07) is 3.82. The fourth-order valence-electron chi connectivity index (χ4n) is 2.79. The summed E-state index contributed by atoms with van der Waals surface area (Å²) in [4.78, 5) is 6.39. The number of piperidine rings is 1. The van der Waals surface area contributed by atoms with Gasteiger partial charge in [-0.1, -0.05) is 11.3 Å². The average Bonchev–Trinajstić information content (AvgIpc) is 3.32. The number of nitrogens with zero attached hydrogens (tertiary/aromatic N) is 4. The number of hydrogen-bond acceptors (Lipinski definition) is 6. The lowest BCUT2D eigenvalue weighted by molar-refractivity contribution is 0.222. The van der Waals surface area contributed by atoms with Crippen molar-refractivity contribution >= 4 is 16.5 Å². The van der Waals surface area contributed by atoms with Crippen molar-refractivity contribution in [3.05, 3.63) is 29.5 Å². The van der Waals surface area contributed by atoms with E-state index < -0.39 is 0 Å². The summed E-state index contributed by atoms with van der Waals surface area (Å²) in [5.41, 5.74) is 0. The minimum Gasteiger partial charge on any atom is -0.493 e. The second-order valence-electron chi connectivity index (χ2n) is 6.12. The summed E-state index contributed by atoms with van der Waals surface area (Å²) in [5, 5.41) is 11.1. The van der Waals surface area contributed by atoms with Crippen LogP contribution in [-0.2, 0) is 0 Å². The van der Waals surface area contributed by atoms with E-state index in [9.17, 15) is 0 Å². The zero-order valence-corrected chi connectivity index (χ0v) is 13.3. The summed E-state index contributed by atoms with van der Waals surface area (Å²) in [5.74, 6) is 2.24. The van der Waals surface area contributed by atoms with E-state index in [0.717, 1.165) is 43.4 Å². The fraction of sp³-hybridized carbons (Fsp3) is 0.562. The molecule has 2 aromatic rings. The zero-order valence-electron chi connectivity index (χ0n) is 12.5. The summed E-state index contributed by atoms with van der Waals surface area (Å²) in [6.45, 7) is 2.91. The zero-order chi connectivity index (χ0) is 14.8. The van der Waals surface area contributed by atoms with Crippen molar-refractivity contribution in [2.75, 3.05) is 24.6 Å². The maximum atomic E-state index is 5.85. The van der Waals surface area contributed by atoms with Crippen LogP contribution in [0, 0.1) is 5.92 Å². The Morgan fingerprint density at radius 1 is 1.09 bits per heavy atom. The molecule has 116 valence electrons. The Kier molecular flexibility index (Phi) is 3.93. The monoisotopic (exact) mass is 316 g/mol. The second kappa shape index (κ2) is 6.20. The third kappa shape index (κ3) is 3.21. The molecule has 5 nitrogen and oxygen atoms in total. The molecule has 0 N–H and O–H groups in total. The predicted molar refractivity (Wildman–Crippen MR) is 86.6 cm³/mol. The Hall–Kier alpha value is -1.69. The second-order valence-corrected chi connectivity index (χ2v) is 7.11. The smallest absolute Gasteiger partial charge is 0.208 e. The molecule has 6 heteroatoms. The standard InChI is InChI=1S/C16H20N4OS/c1-2-13(1)15-18-19-16(22-15)20-9-5-12(6-10-20)11-21-14-3-7-17-8-4-14/h3-4,7-8,12-13H,1-2,5-6,9-11H2. The third-order valence-electron chi connectivity index (χ3n) is 4.38. The normalized spacial score (nSPS) is 19.4.